The van der Waals surface area contributed by atoms with Crippen LogP contribution in [0.15, 0.2) is 42.7 Å². The number of aromatic amines is 1. The molecule has 2 unspecified atom stereocenters. The number of pyridine rings is 1. The van der Waals surface area contributed by atoms with Gasteiger partial charge in [-0.3, -0.25) is 9.69 Å². The molecule has 38 heavy (non-hydrogen) atoms. The average molecular weight is 525 g/mol. The third-order valence-corrected chi connectivity index (χ3v) is 7.06. The minimum absolute atomic E-state index is 0.0796. The molecule has 10 heteroatoms. The zero-order chi connectivity index (χ0) is 27.0. The van der Waals surface area contributed by atoms with Gasteiger partial charge in [-0.1, -0.05) is 6.42 Å². The summed E-state index contributed by atoms with van der Waals surface area (Å²) in [4.78, 5) is 37.9. The maximum atomic E-state index is 14.1. The number of nitrogens with one attached hydrogen (secondary N) is 1. The number of hydrogen-bond acceptors (Lipinski definition) is 6. The molecule has 0 radical (unpaired) electrons. The number of amides is 1. The molecule has 1 amide bonds. The van der Waals surface area contributed by atoms with Gasteiger partial charge in [-0.15, -0.1) is 0 Å². The first-order valence-electron chi connectivity index (χ1n) is 12.8. The molecule has 2 aliphatic heterocycles. The van der Waals surface area contributed by atoms with E-state index in [0.717, 1.165) is 36.8 Å². The minimum atomic E-state index is -1.16. The SMILES string of the molecule is CC(C)OC(=O)C1=CN(C(=O)c2ccc(F)c(F)c2)C(C(O)N2CCCCC2)Cc2c1[nH]c1ncccc21. The standard InChI is InChI=1S/C28H30F2N4O4/c1-16(2)38-28(37)20-15-34(26(35)17-8-9-21(29)22(30)13-17)23(27(36)33-11-4-3-5-12-33)14-19-18-7-6-10-31-25(18)32-24(19)20/h6-10,13,15-16,23,27,36H,3-5,11-12,14H2,1-2H3,(H,31,32). The number of H-pyrrole nitrogens is 1. The van der Waals surface area contributed by atoms with E-state index < -0.39 is 41.9 Å². The molecule has 0 saturated carbocycles. The van der Waals surface area contributed by atoms with Crippen molar-refractivity contribution in [2.45, 2.75) is 57.9 Å². The van der Waals surface area contributed by atoms with Crippen LogP contribution in [0.5, 0.6) is 0 Å². The first-order valence-corrected chi connectivity index (χ1v) is 12.8. The molecule has 2 atom stereocenters. The van der Waals surface area contributed by atoms with Crippen molar-refractivity contribution in [1.29, 1.82) is 0 Å². The van der Waals surface area contributed by atoms with Crippen molar-refractivity contribution in [3.63, 3.8) is 0 Å². The Bertz CT molecular complexity index is 1400. The van der Waals surface area contributed by atoms with Gasteiger partial charge in [0.15, 0.2) is 11.6 Å². The van der Waals surface area contributed by atoms with E-state index in [1.165, 1.54) is 17.2 Å². The Balaban J connectivity index is 1.68. The molecule has 2 aromatic heterocycles. The second kappa shape index (κ2) is 10.6. The third-order valence-electron chi connectivity index (χ3n) is 7.06. The number of fused-ring (bicyclic) bond motifs is 3. The molecule has 0 aliphatic carbocycles. The maximum absolute atomic E-state index is 14.1. The summed E-state index contributed by atoms with van der Waals surface area (Å²) in [5.41, 5.74) is 1.69. The highest BCUT2D eigenvalue weighted by Gasteiger charge is 2.39. The number of ether oxygens (including phenoxy) is 1. The van der Waals surface area contributed by atoms with Crippen LogP contribution in [0.25, 0.3) is 16.6 Å². The van der Waals surface area contributed by atoms with E-state index in [-0.39, 0.29) is 17.6 Å². The summed E-state index contributed by atoms with van der Waals surface area (Å²) in [7, 11) is 0. The van der Waals surface area contributed by atoms with E-state index in [4.69, 9.17) is 4.74 Å². The number of piperidine rings is 1. The molecule has 2 aliphatic rings. The lowest BCUT2D eigenvalue weighted by atomic mass is 9.98. The van der Waals surface area contributed by atoms with E-state index in [9.17, 15) is 23.5 Å². The zero-order valence-corrected chi connectivity index (χ0v) is 21.3. The van der Waals surface area contributed by atoms with Crippen molar-refractivity contribution in [2.24, 2.45) is 0 Å². The quantitative estimate of drug-likeness (QED) is 0.490. The second-order valence-electron chi connectivity index (χ2n) is 10.00. The summed E-state index contributed by atoms with van der Waals surface area (Å²) in [6.07, 6.45) is 4.53. The van der Waals surface area contributed by atoms with E-state index in [1.54, 1.807) is 26.1 Å². The van der Waals surface area contributed by atoms with Gasteiger partial charge in [0.1, 0.15) is 11.9 Å². The van der Waals surface area contributed by atoms with Crippen LogP contribution in [0.1, 0.15) is 54.7 Å². The lowest BCUT2D eigenvalue weighted by Gasteiger charge is -2.39. The number of rotatable bonds is 5. The van der Waals surface area contributed by atoms with E-state index in [2.05, 4.69) is 9.97 Å². The fourth-order valence-corrected chi connectivity index (χ4v) is 5.22. The lowest BCUT2D eigenvalue weighted by molar-refractivity contribution is -0.140. The van der Waals surface area contributed by atoms with Crippen LogP contribution in [0.2, 0.25) is 0 Å². The van der Waals surface area contributed by atoms with Gasteiger partial charge >= 0.3 is 5.97 Å². The van der Waals surface area contributed by atoms with Crippen LogP contribution in [0.3, 0.4) is 0 Å². The number of aromatic nitrogens is 2. The molecule has 1 fully saturated rings. The molecule has 1 aromatic carbocycles. The van der Waals surface area contributed by atoms with Crippen LogP contribution < -0.4 is 0 Å². The van der Waals surface area contributed by atoms with Crippen LogP contribution in [-0.4, -0.2) is 68.2 Å². The van der Waals surface area contributed by atoms with Gasteiger partial charge in [0, 0.05) is 36.4 Å². The predicted molar refractivity (Wildman–Crippen MR) is 137 cm³/mol. The molecular weight excluding hydrogens is 494 g/mol. The average Bonchev–Trinajstić information content (AvgIpc) is 3.17. The molecule has 4 heterocycles. The highest BCUT2D eigenvalue weighted by atomic mass is 19.2. The van der Waals surface area contributed by atoms with Gasteiger partial charge in [0.2, 0.25) is 0 Å². The predicted octanol–water partition coefficient (Wildman–Crippen LogP) is 4.01. The van der Waals surface area contributed by atoms with Crippen LogP contribution >= 0.6 is 0 Å². The van der Waals surface area contributed by atoms with Gasteiger partial charge in [-0.2, -0.15) is 0 Å². The van der Waals surface area contributed by atoms with Crippen LogP contribution in [-0.2, 0) is 16.0 Å². The molecule has 2 N–H and O–H groups in total. The molecule has 1 saturated heterocycles. The number of carbonyl (C=O) groups is 2. The number of carbonyl (C=O) groups excluding carboxylic acids is 2. The van der Waals surface area contributed by atoms with E-state index in [1.807, 2.05) is 11.0 Å². The maximum Gasteiger partial charge on any atom is 0.342 e. The fraction of sp³-hybridized carbons (Fsp3) is 0.393. The molecule has 0 spiro atoms. The summed E-state index contributed by atoms with van der Waals surface area (Å²) >= 11 is 0. The molecule has 0 bridgehead atoms. The second-order valence-corrected chi connectivity index (χ2v) is 10.00. The number of halogens is 2. The highest BCUT2D eigenvalue weighted by Crippen LogP contribution is 2.35. The van der Waals surface area contributed by atoms with Crippen LogP contribution in [0, 0.1) is 11.6 Å². The Morgan fingerprint density at radius 3 is 2.61 bits per heavy atom. The minimum Gasteiger partial charge on any atom is -0.459 e. The normalized spacial score (nSPS) is 19.2. The summed E-state index contributed by atoms with van der Waals surface area (Å²) in [6, 6.07) is 5.70. The Kier molecular flexibility index (Phi) is 7.27. The number of aliphatic hydroxyl groups excluding tert-OH is 1. The Hall–Kier alpha value is -3.63. The third kappa shape index (κ3) is 4.93. The lowest BCUT2D eigenvalue weighted by Crippen LogP contribution is -2.54. The fourth-order valence-electron chi connectivity index (χ4n) is 5.22. The topological polar surface area (TPSA) is 98.8 Å². The Labute approximate surface area is 218 Å². The number of esters is 1. The molecule has 8 nitrogen and oxygen atoms in total. The van der Waals surface area contributed by atoms with Crippen molar-refractivity contribution in [3.05, 3.63) is 71.2 Å². The number of likely N-dealkylation sites (tertiary alicyclic amines) is 1. The largest absolute Gasteiger partial charge is 0.459 e. The molecular formula is C28H30F2N4O4. The van der Waals surface area contributed by atoms with Gasteiger partial charge in [0.05, 0.1) is 23.4 Å². The highest BCUT2D eigenvalue weighted by molar-refractivity contribution is 6.18. The summed E-state index contributed by atoms with van der Waals surface area (Å²) in [5.74, 6) is -3.58. The number of aliphatic hydroxyl groups is 1. The smallest absolute Gasteiger partial charge is 0.342 e. The van der Waals surface area contributed by atoms with Crippen molar-refractivity contribution in [1.82, 2.24) is 19.8 Å². The first kappa shape index (κ1) is 26.0. The number of nitrogens with zero attached hydrogens (tertiary/aromatic N) is 3. The molecule has 3 aromatic rings. The summed E-state index contributed by atoms with van der Waals surface area (Å²) in [5, 5.41) is 12.4. The van der Waals surface area contributed by atoms with Gasteiger partial charge < -0.3 is 19.7 Å². The van der Waals surface area contributed by atoms with E-state index in [0.29, 0.717) is 30.0 Å². The van der Waals surface area contributed by atoms with Crippen molar-refractivity contribution in [2.75, 3.05) is 13.1 Å². The van der Waals surface area contributed by atoms with Gasteiger partial charge in [0.25, 0.3) is 5.91 Å². The van der Waals surface area contributed by atoms with Crippen molar-refractivity contribution >= 4 is 28.5 Å². The van der Waals surface area contributed by atoms with Crippen molar-refractivity contribution < 1.29 is 28.2 Å². The zero-order valence-electron chi connectivity index (χ0n) is 21.3. The van der Waals surface area contributed by atoms with Crippen molar-refractivity contribution in [3.8, 4) is 0 Å². The number of benzene rings is 1. The van der Waals surface area contributed by atoms with Gasteiger partial charge in [-0.25, -0.2) is 18.6 Å². The summed E-state index contributed by atoms with van der Waals surface area (Å²) < 4.78 is 33.3. The molecule has 200 valence electrons. The molecule has 5 rings (SSSR count). The van der Waals surface area contributed by atoms with E-state index >= 15 is 0 Å². The van der Waals surface area contributed by atoms with Gasteiger partial charge in [-0.05, 0) is 69.0 Å². The first-order chi connectivity index (χ1) is 18.2. The number of hydrogen-bond donors (Lipinski definition) is 2. The summed E-state index contributed by atoms with van der Waals surface area (Å²) in [6.45, 7) is 4.74. The monoisotopic (exact) mass is 524 g/mol. The Morgan fingerprint density at radius 1 is 1.13 bits per heavy atom. The Morgan fingerprint density at radius 2 is 1.89 bits per heavy atom. The van der Waals surface area contributed by atoms with Crippen LogP contribution in [0.4, 0.5) is 8.78 Å².